The first-order valence-corrected chi connectivity index (χ1v) is 6.63. The number of alkyl halides is 1. The quantitative estimate of drug-likeness (QED) is 0.464. The van der Waals surface area contributed by atoms with E-state index in [-0.39, 0.29) is 11.4 Å². The van der Waals surface area contributed by atoms with Gasteiger partial charge < -0.3 is 4.74 Å². The van der Waals surface area contributed by atoms with E-state index in [9.17, 15) is 10.1 Å². The molecule has 0 aliphatic rings. The number of nitro groups is 1. The van der Waals surface area contributed by atoms with Crippen molar-refractivity contribution >= 4 is 17.3 Å². The first-order chi connectivity index (χ1) is 9.51. The monoisotopic (exact) mass is 291 g/mol. The number of rotatable bonds is 4. The van der Waals surface area contributed by atoms with Gasteiger partial charge in [0.05, 0.1) is 4.92 Å². The first kappa shape index (κ1) is 14.3. The predicted molar refractivity (Wildman–Crippen MR) is 78.6 cm³/mol. The Kier molecular flexibility index (Phi) is 4.25. The second kappa shape index (κ2) is 5.92. The SMILES string of the molecule is Cc1ccc(Oc2ccc(CCl)c(C)c2)c([N+](=O)[O-])c1. The van der Waals surface area contributed by atoms with Crippen molar-refractivity contribution in [2.24, 2.45) is 0 Å². The third-order valence-corrected chi connectivity index (χ3v) is 3.28. The molecule has 4 nitrogen and oxygen atoms in total. The molecule has 0 radical (unpaired) electrons. The minimum absolute atomic E-state index is 0.0379. The van der Waals surface area contributed by atoms with Crippen molar-refractivity contribution in [3.05, 3.63) is 63.2 Å². The van der Waals surface area contributed by atoms with Crippen molar-refractivity contribution in [1.29, 1.82) is 0 Å². The molecule has 0 N–H and O–H groups in total. The zero-order valence-corrected chi connectivity index (χ0v) is 12.0. The van der Waals surface area contributed by atoms with Crippen LogP contribution in [0.5, 0.6) is 11.5 Å². The second-order valence-corrected chi connectivity index (χ2v) is 4.82. The molecule has 0 spiro atoms. The number of halogens is 1. The van der Waals surface area contributed by atoms with Gasteiger partial charge in [-0.3, -0.25) is 10.1 Å². The van der Waals surface area contributed by atoms with E-state index in [4.69, 9.17) is 16.3 Å². The van der Waals surface area contributed by atoms with Crippen molar-refractivity contribution in [3.8, 4) is 11.5 Å². The number of nitro benzene ring substituents is 1. The van der Waals surface area contributed by atoms with E-state index in [0.29, 0.717) is 11.6 Å². The Labute approximate surface area is 122 Å². The molecule has 0 aromatic heterocycles. The molecule has 0 saturated heterocycles. The maximum Gasteiger partial charge on any atom is 0.311 e. The molecule has 0 bridgehead atoms. The van der Waals surface area contributed by atoms with Crippen LogP contribution in [0, 0.1) is 24.0 Å². The molecular formula is C15H14ClNO3. The fourth-order valence-electron chi connectivity index (χ4n) is 1.87. The van der Waals surface area contributed by atoms with Gasteiger partial charge in [0.1, 0.15) is 5.75 Å². The molecule has 0 fully saturated rings. The highest BCUT2D eigenvalue weighted by Gasteiger charge is 2.16. The lowest BCUT2D eigenvalue weighted by atomic mass is 10.1. The van der Waals surface area contributed by atoms with Gasteiger partial charge in [-0.15, -0.1) is 11.6 Å². The van der Waals surface area contributed by atoms with Crippen LogP contribution >= 0.6 is 11.6 Å². The summed E-state index contributed by atoms with van der Waals surface area (Å²) in [6.45, 7) is 3.73. The topological polar surface area (TPSA) is 52.4 Å². The lowest BCUT2D eigenvalue weighted by molar-refractivity contribution is -0.385. The summed E-state index contributed by atoms with van der Waals surface area (Å²) in [6.07, 6.45) is 0. The maximum absolute atomic E-state index is 11.0. The lowest BCUT2D eigenvalue weighted by Gasteiger charge is -2.09. The number of benzene rings is 2. The second-order valence-electron chi connectivity index (χ2n) is 4.55. The number of ether oxygens (including phenoxy) is 1. The van der Waals surface area contributed by atoms with Crippen molar-refractivity contribution in [1.82, 2.24) is 0 Å². The minimum atomic E-state index is -0.442. The molecule has 2 rings (SSSR count). The summed E-state index contributed by atoms with van der Waals surface area (Å²) in [5.74, 6) is 1.22. The molecule has 0 heterocycles. The molecule has 0 aliphatic heterocycles. The van der Waals surface area contributed by atoms with Crippen LogP contribution in [0.4, 0.5) is 5.69 Å². The van der Waals surface area contributed by atoms with Crippen LogP contribution in [0.25, 0.3) is 0 Å². The van der Waals surface area contributed by atoms with Crippen molar-refractivity contribution in [2.45, 2.75) is 19.7 Å². The Bertz CT molecular complexity index is 656. The molecule has 2 aromatic carbocycles. The van der Waals surface area contributed by atoms with E-state index in [0.717, 1.165) is 16.7 Å². The summed E-state index contributed by atoms with van der Waals surface area (Å²) in [5, 5.41) is 11.0. The predicted octanol–water partition coefficient (Wildman–Crippen LogP) is 4.74. The average molecular weight is 292 g/mol. The zero-order chi connectivity index (χ0) is 14.7. The summed E-state index contributed by atoms with van der Waals surface area (Å²) in [5.41, 5.74) is 2.78. The van der Waals surface area contributed by atoms with E-state index in [1.165, 1.54) is 6.07 Å². The fourth-order valence-corrected chi connectivity index (χ4v) is 2.17. The van der Waals surface area contributed by atoms with Crippen LogP contribution < -0.4 is 4.74 Å². The van der Waals surface area contributed by atoms with Crippen LogP contribution in [-0.2, 0) is 5.88 Å². The van der Waals surface area contributed by atoms with Gasteiger partial charge in [0, 0.05) is 11.9 Å². The van der Waals surface area contributed by atoms with E-state index in [2.05, 4.69) is 0 Å². The maximum atomic E-state index is 11.0. The highest BCUT2D eigenvalue weighted by atomic mass is 35.5. The molecule has 5 heteroatoms. The minimum Gasteiger partial charge on any atom is -0.450 e. The summed E-state index contributed by atoms with van der Waals surface area (Å²) < 4.78 is 5.62. The number of hydrogen-bond donors (Lipinski definition) is 0. The molecule has 0 amide bonds. The Morgan fingerprint density at radius 3 is 2.55 bits per heavy atom. The average Bonchev–Trinajstić information content (AvgIpc) is 2.41. The fraction of sp³-hybridized carbons (Fsp3) is 0.200. The molecule has 104 valence electrons. The number of aryl methyl sites for hydroxylation is 2. The molecule has 20 heavy (non-hydrogen) atoms. The van der Waals surface area contributed by atoms with Gasteiger partial charge in [0.15, 0.2) is 0 Å². The molecular weight excluding hydrogens is 278 g/mol. The third-order valence-electron chi connectivity index (χ3n) is 3.00. The van der Waals surface area contributed by atoms with E-state index >= 15 is 0 Å². The van der Waals surface area contributed by atoms with Gasteiger partial charge in [-0.25, -0.2) is 0 Å². The standard InChI is InChI=1S/C15H14ClNO3/c1-10-3-6-15(14(7-10)17(18)19)20-13-5-4-12(9-16)11(2)8-13/h3-8H,9H2,1-2H3. The molecule has 0 aliphatic carbocycles. The molecule has 0 atom stereocenters. The highest BCUT2D eigenvalue weighted by Crippen LogP contribution is 2.32. The van der Waals surface area contributed by atoms with Gasteiger partial charge in [-0.2, -0.15) is 0 Å². The van der Waals surface area contributed by atoms with E-state index in [1.54, 1.807) is 25.1 Å². The Morgan fingerprint density at radius 2 is 1.95 bits per heavy atom. The van der Waals surface area contributed by atoms with Crippen LogP contribution in [0.2, 0.25) is 0 Å². The highest BCUT2D eigenvalue weighted by molar-refractivity contribution is 6.17. The molecule has 0 saturated carbocycles. The normalized spacial score (nSPS) is 10.3. The van der Waals surface area contributed by atoms with Crippen molar-refractivity contribution in [3.63, 3.8) is 0 Å². The van der Waals surface area contributed by atoms with Gasteiger partial charge in [0.25, 0.3) is 0 Å². The number of hydrogen-bond acceptors (Lipinski definition) is 3. The number of nitrogens with zero attached hydrogens (tertiary/aromatic N) is 1. The smallest absolute Gasteiger partial charge is 0.311 e. The largest absolute Gasteiger partial charge is 0.450 e. The zero-order valence-electron chi connectivity index (χ0n) is 11.2. The van der Waals surface area contributed by atoms with Gasteiger partial charge in [0.2, 0.25) is 5.75 Å². The van der Waals surface area contributed by atoms with Crippen LogP contribution in [0.1, 0.15) is 16.7 Å². The van der Waals surface area contributed by atoms with Crippen molar-refractivity contribution < 1.29 is 9.66 Å². The van der Waals surface area contributed by atoms with Crippen LogP contribution in [-0.4, -0.2) is 4.92 Å². The van der Waals surface area contributed by atoms with Gasteiger partial charge >= 0.3 is 5.69 Å². The summed E-state index contributed by atoms with van der Waals surface area (Å²) >= 11 is 5.80. The van der Waals surface area contributed by atoms with Crippen LogP contribution in [0.3, 0.4) is 0 Å². The first-order valence-electron chi connectivity index (χ1n) is 6.09. The molecule has 2 aromatic rings. The van der Waals surface area contributed by atoms with Crippen LogP contribution in [0.15, 0.2) is 36.4 Å². The third kappa shape index (κ3) is 3.08. The summed E-state index contributed by atoms with van der Waals surface area (Å²) in [7, 11) is 0. The molecule has 0 unspecified atom stereocenters. The Hall–Kier alpha value is -2.07. The van der Waals surface area contributed by atoms with E-state index < -0.39 is 4.92 Å². The Morgan fingerprint density at radius 1 is 1.20 bits per heavy atom. The summed E-state index contributed by atoms with van der Waals surface area (Å²) in [6, 6.07) is 10.3. The summed E-state index contributed by atoms with van der Waals surface area (Å²) in [4.78, 5) is 10.6. The van der Waals surface area contributed by atoms with Gasteiger partial charge in [-0.1, -0.05) is 12.1 Å². The lowest BCUT2D eigenvalue weighted by Crippen LogP contribution is -1.95. The van der Waals surface area contributed by atoms with Crippen molar-refractivity contribution in [2.75, 3.05) is 0 Å². The van der Waals surface area contributed by atoms with E-state index in [1.807, 2.05) is 19.1 Å². The van der Waals surface area contributed by atoms with Gasteiger partial charge in [-0.05, 0) is 48.7 Å². The Balaban J connectivity index is 2.35.